The second-order valence-corrected chi connectivity index (χ2v) is 4.97. The van der Waals surface area contributed by atoms with Crippen LogP contribution < -0.4 is 4.74 Å². The molecule has 0 N–H and O–H groups in total. The fourth-order valence-electron chi connectivity index (χ4n) is 0.981. The molecule has 96 valence electrons. The number of alkyl halides is 3. The first-order valence-corrected chi connectivity index (χ1v) is 6.33. The van der Waals surface area contributed by atoms with Gasteiger partial charge in [0.1, 0.15) is 5.75 Å². The van der Waals surface area contributed by atoms with E-state index in [1.165, 1.54) is 18.2 Å². The number of ether oxygens (including phenoxy) is 1. The largest absolute Gasteiger partial charge is 0.573 e. The van der Waals surface area contributed by atoms with Crippen molar-refractivity contribution in [2.45, 2.75) is 13.0 Å². The van der Waals surface area contributed by atoms with E-state index in [1.54, 1.807) is 0 Å². The summed E-state index contributed by atoms with van der Waals surface area (Å²) in [5.41, 5.74) is -0.0888. The first-order chi connectivity index (χ1) is 7.67. The monoisotopic (exact) mass is 290 g/mol. The van der Waals surface area contributed by atoms with E-state index in [0.717, 1.165) is 6.07 Å². The van der Waals surface area contributed by atoms with Crippen molar-refractivity contribution in [1.29, 1.82) is 0 Å². The summed E-state index contributed by atoms with van der Waals surface area (Å²) in [5, 5.41) is 0. The molecule has 1 rings (SSSR count). The third-order valence-corrected chi connectivity index (χ3v) is 2.22. The van der Waals surface area contributed by atoms with Gasteiger partial charge in [0.15, 0.2) is 0 Å². The van der Waals surface area contributed by atoms with Crippen LogP contribution in [-0.4, -0.2) is 14.8 Å². The Labute approximate surface area is 99.5 Å². The van der Waals surface area contributed by atoms with Crippen LogP contribution in [0.5, 0.6) is 5.75 Å². The van der Waals surface area contributed by atoms with Crippen LogP contribution in [-0.2, 0) is 20.1 Å². The average Bonchev–Trinajstić information content (AvgIpc) is 2.12. The summed E-state index contributed by atoms with van der Waals surface area (Å²) < 4.78 is 64.8. The predicted molar refractivity (Wildman–Crippen MR) is 52.7 cm³/mol. The Morgan fingerprint density at radius 1 is 1.24 bits per heavy atom. The summed E-state index contributed by atoms with van der Waals surface area (Å²) in [6, 6.07) is 4.97. The first-order valence-electron chi connectivity index (χ1n) is 4.10. The molecule has 1 aromatic rings. The van der Waals surface area contributed by atoms with Crippen LogP contribution in [0, 0.1) is 0 Å². The van der Waals surface area contributed by atoms with Gasteiger partial charge < -0.3 is 4.74 Å². The molecule has 17 heavy (non-hydrogen) atoms. The summed E-state index contributed by atoms with van der Waals surface area (Å²) in [7, 11) is 0.508. The molecule has 0 aromatic heterocycles. The Morgan fingerprint density at radius 2 is 1.82 bits per heavy atom. The van der Waals surface area contributed by atoms with E-state index in [0.29, 0.717) is 0 Å². The molecular weight excluding hydrogens is 285 g/mol. The molecule has 0 atom stereocenters. The van der Waals surface area contributed by atoms with Crippen LogP contribution in [0.2, 0.25) is 0 Å². The van der Waals surface area contributed by atoms with Crippen LogP contribution in [0.3, 0.4) is 0 Å². The molecule has 0 aliphatic carbocycles. The van der Waals surface area contributed by atoms with Gasteiger partial charge in [-0.3, -0.25) is 4.18 Å². The van der Waals surface area contributed by atoms with Crippen molar-refractivity contribution in [2.24, 2.45) is 0 Å². The Hall–Kier alpha value is -0.990. The second-order valence-electron chi connectivity index (χ2n) is 2.81. The zero-order valence-electron chi connectivity index (χ0n) is 8.07. The van der Waals surface area contributed by atoms with Crippen LogP contribution in [0.1, 0.15) is 5.56 Å². The van der Waals surface area contributed by atoms with Crippen molar-refractivity contribution in [3.8, 4) is 5.75 Å². The normalized spacial score (nSPS) is 12.5. The molecule has 0 spiro atoms. The molecule has 9 heteroatoms. The number of hydrogen-bond acceptors (Lipinski definition) is 4. The fraction of sp³-hybridized carbons (Fsp3) is 0.250. The number of halogens is 4. The van der Waals surface area contributed by atoms with Crippen LogP contribution in [0.4, 0.5) is 13.2 Å². The summed E-state index contributed by atoms with van der Waals surface area (Å²) in [6.07, 6.45) is -4.87. The molecule has 0 saturated heterocycles. The van der Waals surface area contributed by atoms with Crippen molar-refractivity contribution in [1.82, 2.24) is 0 Å². The second kappa shape index (κ2) is 5.11. The lowest BCUT2D eigenvalue weighted by Gasteiger charge is -2.12. The quantitative estimate of drug-likeness (QED) is 0.800. The van der Waals surface area contributed by atoms with Gasteiger partial charge in [0.05, 0.1) is 6.61 Å². The average molecular weight is 291 g/mol. The molecule has 0 bridgehead atoms. The van der Waals surface area contributed by atoms with Crippen molar-refractivity contribution in [3.63, 3.8) is 0 Å². The van der Waals surface area contributed by atoms with E-state index in [2.05, 4.69) is 8.92 Å². The lowest BCUT2D eigenvalue weighted by Crippen LogP contribution is -2.18. The van der Waals surface area contributed by atoms with Crippen LogP contribution in [0.15, 0.2) is 24.3 Å². The van der Waals surface area contributed by atoms with Gasteiger partial charge in [0.2, 0.25) is 0 Å². The number of para-hydroxylation sites is 1. The molecule has 0 saturated carbocycles. The standard InChI is InChI=1S/C8H6ClF3O4S/c9-17(13,14)15-5-6-3-1-2-4-7(6)16-8(10,11)12/h1-4H,5H2. The maximum Gasteiger partial charge on any atom is 0.573 e. The zero-order valence-corrected chi connectivity index (χ0v) is 9.64. The van der Waals surface area contributed by atoms with Gasteiger partial charge in [-0.05, 0) is 6.07 Å². The maximum atomic E-state index is 12.0. The molecule has 0 fully saturated rings. The molecule has 0 aliphatic rings. The Kier molecular flexibility index (Phi) is 4.23. The van der Waals surface area contributed by atoms with Gasteiger partial charge in [-0.25, -0.2) is 0 Å². The molecule has 4 nitrogen and oxygen atoms in total. The molecule has 1 aromatic carbocycles. The summed E-state index contributed by atoms with van der Waals surface area (Å²) in [4.78, 5) is 0. The zero-order chi connectivity index (χ0) is 13.1. The van der Waals surface area contributed by atoms with E-state index >= 15 is 0 Å². The molecule has 0 amide bonds. The Bertz CT molecular complexity index is 486. The Balaban J connectivity index is 2.85. The summed E-state index contributed by atoms with van der Waals surface area (Å²) >= 11 is 0. The van der Waals surface area contributed by atoms with E-state index in [4.69, 9.17) is 10.7 Å². The lowest BCUT2D eigenvalue weighted by molar-refractivity contribution is -0.275. The van der Waals surface area contributed by atoms with Crippen LogP contribution in [0.25, 0.3) is 0 Å². The van der Waals surface area contributed by atoms with Gasteiger partial charge in [-0.2, -0.15) is 8.42 Å². The fourth-order valence-corrected chi connectivity index (χ4v) is 1.38. The SMILES string of the molecule is O=S(=O)(Cl)OCc1ccccc1OC(F)(F)F. The molecule has 0 aliphatic heterocycles. The third kappa shape index (κ3) is 5.76. The van der Waals surface area contributed by atoms with Gasteiger partial charge in [-0.1, -0.05) is 18.2 Å². The van der Waals surface area contributed by atoms with Gasteiger partial charge in [0, 0.05) is 16.2 Å². The van der Waals surface area contributed by atoms with Crippen molar-refractivity contribution in [2.75, 3.05) is 0 Å². The molecule has 0 unspecified atom stereocenters. The minimum Gasteiger partial charge on any atom is -0.405 e. The third-order valence-electron chi connectivity index (χ3n) is 1.55. The van der Waals surface area contributed by atoms with Gasteiger partial charge in [-0.15, -0.1) is 13.2 Å². The minimum absolute atomic E-state index is 0.0888. The van der Waals surface area contributed by atoms with E-state index < -0.39 is 28.1 Å². The highest BCUT2D eigenvalue weighted by atomic mass is 35.7. The minimum atomic E-state index is -4.87. The topological polar surface area (TPSA) is 52.6 Å². The smallest absolute Gasteiger partial charge is 0.405 e. The molecular formula is C8H6ClF3O4S. The number of hydrogen-bond donors (Lipinski definition) is 0. The number of benzene rings is 1. The Morgan fingerprint density at radius 3 is 2.35 bits per heavy atom. The lowest BCUT2D eigenvalue weighted by atomic mass is 10.2. The van der Waals surface area contributed by atoms with Crippen molar-refractivity contribution >= 4 is 20.0 Å². The first kappa shape index (κ1) is 14.1. The highest BCUT2D eigenvalue weighted by molar-refractivity contribution is 8.09. The highest BCUT2D eigenvalue weighted by Gasteiger charge is 2.32. The van der Waals surface area contributed by atoms with E-state index in [-0.39, 0.29) is 5.56 Å². The van der Waals surface area contributed by atoms with Gasteiger partial charge in [0.25, 0.3) is 0 Å². The van der Waals surface area contributed by atoms with Crippen molar-refractivity contribution < 1.29 is 30.5 Å². The van der Waals surface area contributed by atoms with E-state index in [1.807, 2.05) is 0 Å². The van der Waals surface area contributed by atoms with Crippen molar-refractivity contribution in [3.05, 3.63) is 29.8 Å². The van der Waals surface area contributed by atoms with E-state index in [9.17, 15) is 21.6 Å². The molecule has 0 heterocycles. The summed E-state index contributed by atoms with van der Waals surface area (Å²) in [5.74, 6) is -0.541. The maximum absolute atomic E-state index is 12.0. The predicted octanol–water partition coefficient (Wildman–Crippen LogP) is 2.59. The summed E-state index contributed by atoms with van der Waals surface area (Å²) in [6.45, 7) is -0.641. The highest BCUT2D eigenvalue weighted by Crippen LogP contribution is 2.27. The number of rotatable bonds is 4. The molecule has 0 radical (unpaired) electrons. The van der Waals surface area contributed by atoms with Gasteiger partial charge >= 0.3 is 15.7 Å². The van der Waals surface area contributed by atoms with Crippen LogP contribution >= 0.6 is 10.7 Å².